The maximum atomic E-state index is 13.1. The minimum Gasteiger partial charge on any atom is -0.353 e. The van der Waals surface area contributed by atoms with Gasteiger partial charge in [0.2, 0.25) is 11.8 Å². The molecule has 1 aliphatic heterocycles. The Morgan fingerprint density at radius 1 is 1.11 bits per heavy atom. The van der Waals surface area contributed by atoms with Crippen molar-refractivity contribution >= 4 is 34.9 Å². The highest BCUT2D eigenvalue weighted by Crippen LogP contribution is 2.48. The third kappa shape index (κ3) is 3.56. The second-order valence-corrected chi connectivity index (χ2v) is 7.90. The fraction of sp³-hybridized carbons (Fsp3) is 0.381. The number of halogens is 1. The number of nitrogens with one attached hydrogen (secondary N) is 1. The summed E-state index contributed by atoms with van der Waals surface area (Å²) in [6.07, 6.45) is 2.98. The normalized spacial score (nSPS) is 17.9. The lowest BCUT2D eigenvalue weighted by Gasteiger charge is -2.37. The molecule has 2 heterocycles. The van der Waals surface area contributed by atoms with Crippen molar-refractivity contribution in [2.45, 2.75) is 19.8 Å². The standard InChI is InChI=1S/C21H23ClN4O2/c1-15-14-16(22)5-6-17(15)24-19(27)21(7-8-21)20(28)26-12-10-25(11-13-26)18-4-2-3-9-23-18/h2-6,9,14H,7-8,10-13H2,1H3,(H,24,27). The van der Waals surface area contributed by atoms with Crippen LogP contribution in [0.15, 0.2) is 42.6 Å². The highest BCUT2D eigenvalue weighted by molar-refractivity contribution is 6.30. The Balaban J connectivity index is 1.40. The third-order valence-corrected chi connectivity index (χ3v) is 5.81. The van der Waals surface area contributed by atoms with Crippen LogP contribution in [-0.2, 0) is 9.59 Å². The molecule has 1 aromatic heterocycles. The molecule has 1 saturated heterocycles. The highest BCUT2D eigenvalue weighted by atomic mass is 35.5. The molecule has 6 nitrogen and oxygen atoms in total. The number of carbonyl (C=O) groups excluding carboxylic acids is 2. The van der Waals surface area contributed by atoms with Gasteiger partial charge in [-0.2, -0.15) is 0 Å². The van der Waals surface area contributed by atoms with Gasteiger partial charge in [0.1, 0.15) is 11.2 Å². The number of pyridine rings is 1. The van der Waals surface area contributed by atoms with Crippen LogP contribution in [0, 0.1) is 12.3 Å². The van der Waals surface area contributed by atoms with Gasteiger partial charge in [-0.3, -0.25) is 9.59 Å². The van der Waals surface area contributed by atoms with E-state index >= 15 is 0 Å². The molecular weight excluding hydrogens is 376 g/mol. The molecule has 0 bridgehead atoms. The summed E-state index contributed by atoms with van der Waals surface area (Å²) in [7, 11) is 0. The van der Waals surface area contributed by atoms with Gasteiger partial charge in [-0.15, -0.1) is 0 Å². The van der Waals surface area contributed by atoms with E-state index in [0.29, 0.717) is 36.6 Å². The van der Waals surface area contributed by atoms with Gasteiger partial charge in [0.05, 0.1) is 0 Å². The number of piperazine rings is 1. The molecule has 2 amide bonds. The summed E-state index contributed by atoms with van der Waals surface area (Å²) in [6, 6.07) is 11.1. The Kier molecular flexibility index (Phi) is 4.98. The fourth-order valence-electron chi connectivity index (χ4n) is 3.65. The zero-order valence-corrected chi connectivity index (χ0v) is 16.6. The minimum atomic E-state index is -0.917. The molecule has 1 saturated carbocycles. The van der Waals surface area contributed by atoms with Crippen molar-refractivity contribution in [1.29, 1.82) is 0 Å². The molecule has 1 N–H and O–H groups in total. The largest absolute Gasteiger partial charge is 0.353 e. The molecule has 146 valence electrons. The van der Waals surface area contributed by atoms with E-state index in [4.69, 9.17) is 11.6 Å². The van der Waals surface area contributed by atoms with Crippen LogP contribution >= 0.6 is 11.6 Å². The Morgan fingerprint density at radius 3 is 2.46 bits per heavy atom. The smallest absolute Gasteiger partial charge is 0.240 e. The maximum Gasteiger partial charge on any atom is 0.240 e. The summed E-state index contributed by atoms with van der Waals surface area (Å²) in [4.78, 5) is 34.4. The second-order valence-electron chi connectivity index (χ2n) is 7.46. The zero-order chi connectivity index (χ0) is 19.7. The van der Waals surface area contributed by atoms with Crippen molar-refractivity contribution in [1.82, 2.24) is 9.88 Å². The molecule has 28 heavy (non-hydrogen) atoms. The lowest BCUT2D eigenvalue weighted by atomic mass is 10.0. The molecule has 0 spiro atoms. The van der Waals surface area contributed by atoms with E-state index in [-0.39, 0.29) is 11.8 Å². The number of amides is 2. The predicted octanol–water partition coefficient (Wildman–Crippen LogP) is 3.11. The van der Waals surface area contributed by atoms with E-state index in [1.165, 1.54) is 0 Å². The summed E-state index contributed by atoms with van der Waals surface area (Å²) in [5.41, 5.74) is 0.667. The van der Waals surface area contributed by atoms with Gasteiger partial charge >= 0.3 is 0 Å². The first kappa shape index (κ1) is 18.7. The summed E-state index contributed by atoms with van der Waals surface area (Å²) < 4.78 is 0. The zero-order valence-electron chi connectivity index (χ0n) is 15.8. The molecule has 0 atom stereocenters. The van der Waals surface area contributed by atoms with Gasteiger partial charge in [0.25, 0.3) is 0 Å². The van der Waals surface area contributed by atoms with Gasteiger partial charge in [0, 0.05) is 43.1 Å². The van der Waals surface area contributed by atoms with Gasteiger partial charge in [-0.05, 0) is 55.7 Å². The summed E-state index contributed by atoms with van der Waals surface area (Å²) in [6.45, 7) is 4.53. The summed E-state index contributed by atoms with van der Waals surface area (Å²) in [5.74, 6) is 0.652. The molecule has 1 aliphatic carbocycles. The Bertz CT molecular complexity index is 891. The summed E-state index contributed by atoms with van der Waals surface area (Å²) >= 11 is 5.98. The van der Waals surface area contributed by atoms with Crippen LogP contribution in [0.4, 0.5) is 11.5 Å². The molecule has 2 fully saturated rings. The van der Waals surface area contributed by atoms with Gasteiger partial charge in [0.15, 0.2) is 0 Å². The van der Waals surface area contributed by atoms with Crippen LogP contribution < -0.4 is 10.2 Å². The average molecular weight is 399 g/mol. The number of anilines is 2. The molecule has 0 radical (unpaired) electrons. The first-order chi connectivity index (χ1) is 13.5. The number of carbonyl (C=O) groups is 2. The monoisotopic (exact) mass is 398 g/mol. The molecule has 4 rings (SSSR count). The number of benzene rings is 1. The molecule has 2 aromatic rings. The number of nitrogens with zero attached hydrogens (tertiary/aromatic N) is 3. The van der Waals surface area contributed by atoms with Crippen molar-refractivity contribution in [2.24, 2.45) is 5.41 Å². The molecule has 2 aliphatic rings. The quantitative estimate of drug-likeness (QED) is 0.803. The number of hydrogen-bond donors (Lipinski definition) is 1. The molecule has 1 aromatic carbocycles. The van der Waals surface area contributed by atoms with E-state index in [1.807, 2.05) is 30.0 Å². The van der Waals surface area contributed by atoms with Crippen LogP contribution in [0.2, 0.25) is 5.02 Å². The number of aromatic nitrogens is 1. The van der Waals surface area contributed by atoms with Crippen LogP contribution in [0.3, 0.4) is 0 Å². The van der Waals surface area contributed by atoms with Crippen molar-refractivity contribution in [2.75, 3.05) is 36.4 Å². The van der Waals surface area contributed by atoms with Crippen molar-refractivity contribution in [3.05, 3.63) is 53.2 Å². The van der Waals surface area contributed by atoms with E-state index < -0.39 is 5.41 Å². The first-order valence-electron chi connectivity index (χ1n) is 9.52. The Morgan fingerprint density at radius 2 is 1.86 bits per heavy atom. The van der Waals surface area contributed by atoms with Crippen LogP contribution in [0.5, 0.6) is 0 Å². The average Bonchev–Trinajstić information content (AvgIpc) is 3.52. The van der Waals surface area contributed by atoms with Crippen molar-refractivity contribution in [3.63, 3.8) is 0 Å². The third-order valence-electron chi connectivity index (χ3n) is 5.57. The maximum absolute atomic E-state index is 13.1. The lowest BCUT2D eigenvalue weighted by molar-refractivity contribution is -0.142. The Hall–Kier alpha value is -2.60. The molecule has 0 unspecified atom stereocenters. The van der Waals surface area contributed by atoms with Crippen LogP contribution in [0.25, 0.3) is 0 Å². The van der Waals surface area contributed by atoms with Gasteiger partial charge in [-0.1, -0.05) is 17.7 Å². The fourth-order valence-corrected chi connectivity index (χ4v) is 3.88. The second kappa shape index (κ2) is 7.43. The predicted molar refractivity (Wildman–Crippen MR) is 110 cm³/mol. The van der Waals surface area contributed by atoms with Crippen molar-refractivity contribution in [3.8, 4) is 0 Å². The Labute approximate surface area is 169 Å². The van der Waals surface area contributed by atoms with Crippen LogP contribution in [-0.4, -0.2) is 47.9 Å². The van der Waals surface area contributed by atoms with Crippen molar-refractivity contribution < 1.29 is 9.59 Å². The van der Waals surface area contributed by atoms with E-state index in [9.17, 15) is 9.59 Å². The van der Waals surface area contributed by atoms with Gasteiger partial charge < -0.3 is 15.1 Å². The molecular formula is C21H23ClN4O2. The number of aryl methyl sites for hydroxylation is 1. The number of rotatable bonds is 4. The molecule has 7 heteroatoms. The van der Waals surface area contributed by atoms with E-state index in [0.717, 1.165) is 24.5 Å². The first-order valence-corrected chi connectivity index (χ1v) is 9.90. The van der Waals surface area contributed by atoms with E-state index in [1.54, 1.807) is 24.4 Å². The van der Waals surface area contributed by atoms with Crippen LogP contribution in [0.1, 0.15) is 18.4 Å². The summed E-state index contributed by atoms with van der Waals surface area (Å²) in [5, 5.41) is 3.55. The lowest BCUT2D eigenvalue weighted by Crippen LogP contribution is -2.52. The topological polar surface area (TPSA) is 65.5 Å². The SMILES string of the molecule is Cc1cc(Cl)ccc1NC(=O)C1(C(=O)N2CCN(c3ccccn3)CC2)CC1. The van der Waals surface area contributed by atoms with Gasteiger partial charge in [-0.25, -0.2) is 4.98 Å². The highest BCUT2D eigenvalue weighted by Gasteiger charge is 2.58. The van der Waals surface area contributed by atoms with E-state index in [2.05, 4.69) is 15.2 Å². The number of hydrogen-bond acceptors (Lipinski definition) is 4. The minimum absolute atomic E-state index is 0.0581.